The standard InChI is InChI=1S/C38H42Cl2N4O8S/c1-38(2,3)52-37(50)43-31(20-23-7-12-26(13-8-23)51-27-14-9-24(10-15-27)35(46)47)34-42-32(28-16-11-25(39)21-29(28)40)22-44(34)18-5-6-33(45)41-30(36(48)49)17-19-53-4/h7-16,21-22,30-31H,5-6,17-20H2,1-4H3,(H,41,45)(H,43,50)(H,46,47)(H,48,49)/t30?,31-/m0/s1. The van der Waals surface area contributed by atoms with Crippen molar-refractivity contribution in [2.75, 3.05) is 12.0 Å². The van der Waals surface area contributed by atoms with Gasteiger partial charge in [0.25, 0.3) is 0 Å². The molecule has 4 aromatic rings. The van der Waals surface area contributed by atoms with Gasteiger partial charge in [-0.1, -0.05) is 35.3 Å². The summed E-state index contributed by atoms with van der Waals surface area (Å²) in [6, 6.07) is 16.6. The third-order valence-corrected chi connectivity index (χ3v) is 8.96. The van der Waals surface area contributed by atoms with Crippen LogP contribution in [0.15, 0.2) is 72.9 Å². The topological polar surface area (TPSA) is 169 Å². The first-order chi connectivity index (χ1) is 25.1. The normalized spacial score (nSPS) is 12.4. The number of ether oxygens (including phenoxy) is 2. The van der Waals surface area contributed by atoms with Gasteiger partial charge in [0, 0.05) is 36.2 Å². The number of nitrogens with one attached hydrogen (secondary N) is 2. The fourth-order valence-corrected chi connectivity index (χ4v) is 6.25. The molecule has 3 aromatic carbocycles. The number of imidazole rings is 1. The highest BCUT2D eigenvalue weighted by atomic mass is 35.5. The number of hydrogen-bond acceptors (Lipinski definition) is 8. The van der Waals surface area contributed by atoms with Gasteiger partial charge >= 0.3 is 18.0 Å². The van der Waals surface area contributed by atoms with Gasteiger partial charge < -0.3 is 34.9 Å². The monoisotopic (exact) mass is 784 g/mol. The lowest BCUT2D eigenvalue weighted by Crippen LogP contribution is -2.41. The molecule has 1 aromatic heterocycles. The SMILES string of the molecule is CSCCC(NC(=O)CCCn1cc(-c2ccc(Cl)cc2Cl)nc1[C@H](Cc1ccc(Oc2ccc(C(=O)O)cc2)cc1)NC(=O)OC(C)(C)C)C(=O)O. The lowest BCUT2D eigenvalue weighted by Gasteiger charge is -2.24. The number of carbonyl (C=O) groups is 4. The van der Waals surface area contributed by atoms with Crippen molar-refractivity contribution < 1.29 is 38.9 Å². The molecule has 0 saturated heterocycles. The molecular formula is C38H42Cl2N4O8S. The van der Waals surface area contributed by atoms with Crippen molar-refractivity contribution in [3.63, 3.8) is 0 Å². The number of benzene rings is 3. The van der Waals surface area contributed by atoms with Crippen molar-refractivity contribution in [3.8, 4) is 22.8 Å². The summed E-state index contributed by atoms with van der Waals surface area (Å²) < 4.78 is 13.4. The number of aromatic carboxylic acids is 1. The zero-order valence-corrected chi connectivity index (χ0v) is 32.1. The van der Waals surface area contributed by atoms with Crippen molar-refractivity contribution in [2.24, 2.45) is 0 Å². The molecule has 4 rings (SSSR count). The maximum atomic E-state index is 13.2. The van der Waals surface area contributed by atoms with Crippen LogP contribution in [0.5, 0.6) is 11.5 Å². The van der Waals surface area contributed by atoms with Crippen LogP contribution < -0.4 is 15.4 Å². The summed E-state index contributed by atoms with van der Waals surface area (Å²) >= 11 is 14.3. The van der Waals surface area contributed by atoms with Gasteiger partial charge in [-0.2, -0.15) is 11.8 Å². The summed E-state index contributed by atoms with van der Waals surface area (Å²) in [6.07, 6.45) is 4.00. The molecule has 15 heteroatoms. The van der Waals surface area contributed by atoms with Crippen LogP contribution in [0.25, 0.3) is 11.3 Å². The van der Waals surface area contributed by atoms with Gasteiger partial charge in [-0.25, -0.2) is 19.4 Å². The number of rotatable bonds is 17. The van der Waals surface area contributed by atoms with E-state index >= 15 is 0 Å². The number of aliphatic carboxylic acids is 1. The van der Waals surface area contributed by atoms with Gasteiger partial charge in [0.2, 0.25) is 5.91 Å². The predicted octanol–water partition coefficient (Wildman–Crippen LogP) is 8.26. The van der Waals surface area contributed by atoms with E-state index in [4.69, 9.17) is 42.8 Å². The number of carboxylic acid groups (broad SMARTS) is 2. The Labute approximate surface area is 322 Å². The van der Waals surface area contributed by atoms with Crippen LogP contribution in [0.3, 0.4) is 0 Å². The van der Waals surface area contributed by atoms with E-state index in [9.17, 15) is 24.3 Å². The Morgan fingerprint density at radius 1 is 0.943 bits per heavy atom. The summed E-state index contributed by atoms with van der Waals surface area (Å²) in [5.41, 5.74) is 1.33. The molecule has 2 atom stereocenters. The number of thioether (sulfide) groups is 1. The van der Waals surface area contributed by atoms with Crippen molar-refractivity contribution in [2.45, 2.75) is 70.7 Å². The predicted molar refractivity (Wildman–Crippen MR) is 205 cm³/mol. The molecule has 53 heavy (non-hydrogen) atoms. The Morgan fingerprint density at radius 2 is 1.60 bits per heavy atom. The number of carbonyl (C=O) groups excluding carboxylic acids is 2. The van der Waals surface area contributed by atoms with Gasteiger partial charge in [0.05, 0.1) is 22.3 Å². The molecule has 282 valence electrons. The fourth-order valence-electron chi connectivity index (χ4n) is 5.27. The van der Waals surface area contributed by atoms with Gasteiger partial charge in [-0.05, 0) is 106 Å². The molecular weight excluding hydrogens is 743 g/mol. The summed E-state index contributed by atoms with van der Waals surface area (Å²) in [4.78, 5) is 53.8. The number of carboxylic acids is 2. The minimum atomic E-state index is -1.08. The molecule has 0 radical (unpaired) electrons. The van der Waals surface area contributed by atoms with Crippen molar-refractivity contribution in [3.05, 3.63) is 99.9 Å². The van der Waals surface area contributed by atoms with Gasteiger partial charge in [-0.15, -0.1) is 0 Å². The average Bonchev–Trinajstić information content (AvgIpc) is 3.50. The van der Waals surface area contributed by atoms with Crippen LogP contribution >= 0.6 is 35.0 Å². The maximum Gasteiger partial charge on any atom is 0.408 e. The van der Waals surface area contributed by atoms with Gasteiger partial charge in [0.15, 0.2) is 0 Å². The molecule has 12 nitrogen and oxygen atoms in total. The minimum absolute atomic E-state index is 0.0579. The molecule has 0 aliphatic rings. The summed E-state index contributed by atoms with van der Waals surface area (Å²) in [5, 5.41) is 25.1. The molecule has 0 fully saturated rings. The van der Waals surface area contributed by atoms with Crippen molar-refractivity contribution in [1.29, 1.82) is 0 Å². The Hall–Kier alpha value is -4.72. The Bertz CT molecular complexity index is 1900. The first-order valence-electron chi connectivity index (χ1n) is 16.7. The van der Waals surface area contributed by atoms with E-state index in [-0.39, 0.29) is 24.3 Å². The van der Waals surface area contributed by atoms with Crippen LogP contribution in [-0.4, -0.2) is 67.4 Å². The highest BCUT2D eigenvalue weighted by molar-refractivity contribution is 7.98. The first-order valence-corrected chi connectivity index (χ1v) is 18.9. The second-order valence-electron chi connectivity index (χ2n) is 13.1. The van der Waals surface area contributed by atoms with E-state index in [0.717, 1.165) is 5.56 Å². The second-order valence-corrected chi connectivity index (χ2v) is 15.0. The van der Waals surface area contributed by atoms with Crippen LogP contribution in [0.4, 0.5) is 4.79 Å². The maximum absolute atomic E-state index is 13.2. The van der Waals surface area contributed by atoms with Crippen LogP contribution in [0, 0.1) is 0 Å². The first kappa shape index (κ1) is 41.0. The number of hydrogen-bond donors (Lipinski definition) is 4. The lowest BCUT2D eigenvalue weighted by atomic mass is 10.0. The highest BCUT2D eigenvalue weighted by Gasteiger charge is 2.26. The summed E-state index contributed by atoms with van der Waals surface area (Å²) in [6.45, 7) is 5.60. The molecule has 0 bridgehead atoms. The Morgan fingerprint density at radius 3 is 2.19 bits per heavy atom. The molecule has 1 heterocycles. The number of halogens is 2. The van der Waals surface area contributed by atoms with E-state index in [1.807, 2.05) is 23.0 Å². The summed E-state index contributed by atoms with van der Waals surface area (Å²) in [5.74, 6) is -0.448. The smallest absolute Gasteiger partial charge is 0.408 e. The molecule has 0 aliphatic heterocycles. The number of nitrogens with zero attached hydrogens (tertiary/aromatic N) is 2. The van der Waals surface area contributed by atoms with Crippen molar-refractivity contribution >= 4 is 58.9 Å². The van der Waals surface area contributed by atoms with Crippen LogP contribution in [0.1, 0.15) is 67.8 Å². The molecule has 0 spiro atoms. The van der Waals surface area contributed by atoms with Crippen LogP contribution in [-0.2, 0) is 27.3 Å². The van der Waals surface area contributed by atoms with Crippen LogP contribution in [0.2, 0.25) is 10.0 Å². The second kappa shape index (κ2) is 18.9. The van der Waals surface area contributed by atoms with E-state index in [1.165, 1.54) is 23.9 Å². The quantitative estimate of drug-likeness (QED) is 0.0818. The third-order valence-electron chi connectivity index (χ3n) is 7.76. The molecule has 1 unspecified atom stereocenters. The molecule has 2 amide bonds. The van der Waals surface area contributed by atoms with E-state index in [2.05, 4.69) is 10.6 Å². The van der Waals surface area contributed by atoms with Gasteiger partial charge in [0.1, 0.15) is 29.0 Å². The van der Waals surface area contributed by atoms with E-state index in [0.29, 0.717) is 63.8 Å². The number of alkyl carbamates (subject to hydrolysis) is 1. The molecule has 4 N–H and O–H groups in total. The number of aromatic nitrogens is 2. The van der Waals surface area contributed by atoms with Crippen molar-refractivity contribution in [1.82, 2.24) is 20.2 Å². The average molecular weight is 786 g/mol. The Balaban J connectivity index is 1.62. The lowest BCUT2D eigenvalue weighted by molar-refractivity contribution is -0.141. The minimum Gasteiger partial charge on any atom is -0.480 e. The fraction of sp³-hybridized carbons (Fsp3) is 0.342. The Kier molecular flexibility index (Phi) is 14.6. The largest absolute Gasteiger partial charge is 0.480 e. The van der Waals surface area contributed by atoms with E-state index < -0.39 is 35.7 Å². The zero-order valence-electron chi connectivity index (χ0n) is 29.7. The van der Waals surface area contributed by atoms with Gasteiger partial charge in [-0.3, -0.25) is 4.79 Å². The number of aryl methyl sites for hydroxylation is 1. The third kappa shape index (κ3) is 12.7. The molecule has 0 aliphatic carbocycles. The molecule has 0 saturated carbocycles. The zero-order chi connectivity index (χ0) is 38.7. The van der Waals surface area contributed by atoms with E-state index in [1.54, 1.807) is 69.4 Å². The highest BCUT2D eigenvalue weighted by Crippen LogP contribution is 2.32. The number of amides is 2. The summed E-state index contributed by atoms with van der Waals surface area (Å²) in [7, 11) is 0.